The van der Waals surface area contributed by atoms with E-state index in [2.05, 4.69) is 106 Å². The van der Waals surface area contributed by atoms with Crippen molar-refractivity contribution in [1.82, 2.24) is 19.9 Å². The summed E-state index contributed by atoms with van der Waals surface area (Å²) in [5.74, 6) is 0. The first-order valence-corrected chi connectivity index (χ1v) is 12.7. The third-order valence-corrected chi connectivity index (χ3v) is 7.70. The van der Waals surface area contributed by atoms with Gasteiger partial charge >= 0.3 is 0 Å². The molecular weight excluding hydrogens is 456 g/mol. The molecule has 7 rings (SSSR count). The third kappa shape index (κ3) is 3.36. The Hall–Kier alpha value is -4.00. The van der Waals surface area contributed by atoms with Crippen LogP contribution >= 0.6 is 22.7 Å². The van der Waals surface area contributed by atoms with Crippen LogP contribution in [0, 0.1) is 0 Å². The summed E-state index contributed by atoms with van der Waals surface area (Å²) in [5, 5.41) is 4.21. The fourth-order valence-electron chi connectivity index (χ4n) is 4.43. The second kappa shape index (κ2) is 7.80. The minimum Gasteiger partial charge on any atom is -0.355 e. The van der Waals surface area contributed by atoms with Crippen LogP contribution in [0.3, 0.4) is 0 Å². The summed E-state index contributed by atoms with van der Waals surface area (Å²) in [6.45, 7) is 0. The van der Waals surface area contributed by atoms with E-state index in [0.29, 0.717) is 0 Å². The number of nitrogens with one attached hydrogen (secondary N) is 2. The average molecular weight is 475 g/mol. The number of thiophene rings is 2. The van der Waals surface area contributed by atoms with Crippen LogP contribution in [0.15, 0.2) is 71.4 Å². The molecule has 0 fully saturated rings. The van der Waals surface area contributed by atoms with Gasteiger partial charge in [-0.25, -0.2) is 9.97 Å². The van der Waals surface area contributed by atoms with Crippen LogP contribution in [0.5, 0.6) is 0 Å². The highest BCUT2D eigenvalue weighted by Gasteiger charge is 2.17. The molecule has 2 aliphatic rings. The number of hydrogen-bond acceptors (Lipinski definition) is 4. The van der Waals surface area contributed by atoms with Gasteiger partial charge in [0.15, 0.2) is 0 Å². The van der Waals surface area contributed by atoms with Crippen LogP contribution in [0.25, 0.3) is 67.3 Å². The summed E-state index contributed by atoms with van der Waals surface area (Å²) < 4.78 is 0. The van der Waals surface area contributed by atoms with E-state index in [1.165, 1.54) is 4.88 Å². The van der Waals surface area contributed by atoms with Gasteiger partial charge in [-0.3, -0.25) is 0 Å². The summed E-state index contributed by atoms with van der Waals surface area (Å²) in [6, 6.07) is 21.1. The number of aromatic amines is 2. The fraction of sp³-hybridized carbons (Fsp3) is 0. The Bertz CT molecular complexity index is 1750. The highest BCUT2D eigenvalue weighted by Crippen LogP contribution is 2.37. The van der Waals surface area contributed by atoms with Crippen molar-refractivity contribution in [3.05, 3.63) is 94.2 Å². The van der Waals surface area contributed by atoms with Crippen molar-refractivity contribution in [2.24, 2.45) is 0 Å². The molecule has 2 aliphatic heterocycles. The zero-order valence-electron chi connectivity index (χ0n) is 17.9. The molecule has 8 bridgehead atoms. The maximum Gasteiger partial charge on any atom is 0.0746 e. The van der Waals surface area contributed by atoms with E-state index < -0.39 is 0 Å². The van der Waals surface area contributed by atoms with Crippen molar-refractivity contribution in [1.29, 1.82) is 0 Å². The van der Waals surface area contributed by atoms with Crippen molar-refractivity contribution in [2.75, 3.05) is 0 Å². The molecule has 0 spiro atoms. The van der Waals surface area contributed by atoms with Crippen LogP contribution in [0.1, 0.15) is 22.8 Å². The molecule has 7 heterocycles. The molecule has 0 saturated carbocycles. The van der Waals surface area contributed by atoms with Crippen molar-refractivity contribution in [2.45, 2.75) is 0 Å². The lowest BCUT2D eigenvalue weighted by molar-refractivity contribution is 1.28. The lowest BCUT2D eigenvalue weighted by Crippen LogP contribution is -1.87. The molecule has 2 N–H and O–H groups in total. The monoisotopic (exact) mass is 474 g/mol. The van der Waals surface area contributed by atoms with Crippen molar-refractivity contribution >= 4 is 69.0 Å². The minimum absolute atomic E-state index is 0.921. The van der Waals surface area contributed by atoms with E-state index in [1.54, 1.807) is 22.7 Å². The van der Waals surface area contributed by atoms with Gasteiger partial charge in [-0.05, 0) is 83.6 Å². The molecule has 5 aromatic heterocycles. The molecule has 0 aliphatic carbocycles. The first kappa shape index (κ1) is 19.5. The number of rotatable bonds is 2. The Kier molecular flexibility index (Phi) is 4.46. The van der Waals surface area contributed by atoms with Crippen LogP contribution in [-0.2, 0) is 0 Å². The van der Waals surface area contributed by atoms with Crippen LogP contribution < -0.4 is 0 Å². The van der Waals surface area contributed by atoms with E-state index in [0.717, 1.165) is 60.8 Å². The second-order valence-corrected chi connectivity index (χ2v) is 10.1. The first-order valence-electron chi connectivity index (χ1n) is 11.0. The van der Waals surface area contributed by atoms with Crippen molar-refractivity contribution in [3.63, 3.8) is 0 Å². The van der Waals surface area contributed by atoms with Gasteiger partial charge in [-0.2, -0.15) is 0 Å². The lowest BCUT2D eigenvalue weighted by Gasteiger charge is -2.02. The minimum atomic E-state index is 0.921. The smallest absolute Gasteiger partial charge is 0.0746 e. The largest absolute Gasteiger partial charge is 0.355 e. The Balaban J connectivity index is 1.65. The van der Waals surface area contributed by atoms with Gasteiger partial charge in [0.2, 0.25) is 0 Å². The number of hydrogen-bond donors (Lipinski definition) is 2. The van der Waals surface area contributed by atoms with Crippen molar-refractivity contribution in [3.8, 4) is 20.9 Å². The van der Waals surface area contributed by atoms with Crippen LogP contribution in [0.2, 0.25) is 0 Å². The summed E-state index contributed by atoms with van der Waals surface area (Å²) in [6.07, 6.45) is 8.38. The maximum absolute atomic E-state index is 5.15. The molecule has 34 heavy (non-hydrogen) atoms. The van der Waals surface area contributed by atoms with Gasteiger partial charge in [0.05, 0.1) is 22.8 Å². The second-order valence-electron chi connectivity index (χ2n) is 8.16. The van der Waals surface area contributed by atoms with Crippen LogP contribution in [-0.4, -0.2) is 19.9 Å². The molecule has 6 heteroatoms. The number of H-pyrrole nitrogens is 2. The molecule has 4 nitrogen and oxygen atoms in total. The SMILES string of the molecule is C1=Cc2nc1cc1ccc(cc3ccc([nH]3)c(-c3cccs3)c3nc(c2-c2cccs2)C=C3)[nH]1. The van der Waals surface area contributed by atoms with Crippen LogP contribution in [0.4, 0.5) is 0 Å². The lowest BCUT2D eigenvalue weighted by atomic mass is 10.1. The molecule has 162 valence electrons. The zero-order chi connectivity index (χ0) is 22.5. The number of nitrogens with zero attached hydrogens (tertiary/aromatic N) is 2. The standard InChI is InChI=1S/C28H18N4S2/c1-3-25(33-13-1)27-21-9-7-19(30-21)15-17-5-6-18(29-17)16-20-8-10-22(31-20)28(26-4-2-14-34-26)24-12-11-23(27)32-24/h1-16,29-30H. The fourth-order valence-corrected chi connectivity index (χ4v) is 6.01. The quantitative estimate of drug-likeness (QED) is 0.266. The zero-order valence-corrected chi connectivity index (χ0v) is 19.6. The van der Waals surface area contributed by atoms with Gasteiger partial charge in [0.25, 0.3) is 0 Å². The Morgan fingerprint density at radius 1 is 0.559 bits per heavy atom. The summed E-state index contributed by atoms with van der Waals surface area (Å²) in [4.78, 5) is 19.5. The predicted molar refractivity (Wildman–Crippen MR) is 145 cm³/mol. The third-order valence-electron chi connectivity index (χ3n) is 5.93. The van der Waals surface area contributed by atoms with E-state index in [9.17, 15) is 0 Å². The Labute approximate surface area is 203 Å². The molecule has 0 saturated heterocycles. The summed E-state index contributed by atoms with van der Waals surface area (Å²) in [5.41, 5.74) is 10.1. The highest BCUT2D eigenvalue weighted by molar-refractivity contribution is 7.14. The molecule has 0 radical (unpaired) electrons. The maximum atomic E-state index is 5.15. The van der Waals surface area contributed by atoms with Gasteiger partial charge in [0, 0.05) is 42.9 Å². The molecule has 0 unspecified atom stereocenters. The Morgan fingerprint density at radius 2 is 1.18 bits per heavy atom. The van der Waals surface area contributed by atoms with E-state index >= 15 is 0 Å². The average Bonchev–Trinajstić information content (AvgIpc) is 3.67. The number of fused-ring (bicyclic) bond motifs is 8. The molecule has 5 aromatic rings. The highest BCUT2D eigenvalue weighted by atomic mass is 32.1. The summed E-state index contributed by atoms with van der Waals surface area (Å²) >= 11 is 3.43. The van der Waals surface area contributed by atoms with E-state index in [-0.39, 0.29) is 0 Å². The predicted octanol–water partition coefficient (Wildman–Crippen LogP) is 8.11. The van der Waals surface area contributed by atoms with Crippen molar-refractivity contribution < 1.29 is 0 Å². The first-order chi connectivity index (χ1) is 16.8. The van der Waals surface area contributed by atoms with Gasteiger partial charge in [-0.15, -0.1) is 22.7 Å². The van der Waals surface area contributed by atoms with E-state index in [1.807, 2.05) is 0 Å². The normalized spacial score (nSPS) is 12.5. The Morgan fingerprint density at radius 3 is 1.94 bits per heavy atom. The molecule has 0 amide bonds. The van der Waals surface area contributed by atoms with Gasteiger partial charge in [0.1, 0.15) is 0 Å². The molecular formula is C28H18N4S2. The molecule has 0 aromatic carbocycles. The topological polar surface area (TPSA) is 57.4 Å². The van der Waals surface area contributed by atoms with Gasteiger partial charge in [-0.1, -0.05) is 12.1 Å². The van der Waals surface area contributed by atoms with Gasteiger partial charge < -0.3 is 9.97 Å². The number of aromatic nitrogens is 4. The summed E-state index contributed by atoms with van der Waals surface area (Å²) in [7, 11) is 0. The van der Waals surface area contributed by atoms with E-state index in [4.69, 9.17) is 9.97 Å². The molecule has 0 atom stereocenters.